The Morgan fingerprint density at radius 3 is 1.62 bits per heavy atom. The summed E-state index contributed by atoms with van der Waals surface area (Å²) < 4.78 is 6.29. The van der Waals surface area contributed by atoms with Crippen LogP contribution in [0, 0.1) is 0 Å². The van der Waals surface area contributed by atoms with Crippen molar-refractivity contribution in [2.75, 3.05) is 4.90 Å². The fourth-order valence-electron chi connectivity index (χ4n) is 8.96. The van der Waals surface area contributed by atoms with E-state index >= 15 is 0 Å². The van der Waals surface area contributed by atoms with Crippen molar-refractivity contribution in [3.8, 4) is 55.6 Å². The number of furan rings is 1. The van der Waals surface area contributed by atoms with Crippen LogP contribution in [-0.2, 0) is 0 Å². The summed E-state index contributed by atoms with van der Waals surface area (Å²) in [7, 11) is 0. The summed E-state index contributed by atoms with van der Waals surface area (Å²) in [6.07, 6.45) is 0. The van der Waals surface area contributed by atoms with Crippen molar-refractivity contribution in [1.82, 2.24) is 0 Å². The maximum absolute atomic E-state index is 6.29. The van der Waals surface area contributed by atoms with Crippen molar-refractivity contribution >= 4 is 49.8 Å². The van der Waals surface area contributed by atoms with E-state index in [9.17, 15) is 0 Å². The predicted molar refractivity (Wildman–Crippen MR) is 253 cm³/mol. The van der Waals surface area contributed by atoms with Crippen molar-refractivity contribution in [2.24, 2.45) is 0 Å². The first-order chi connectivity index (χ1) is 29.8. The van der Waals surface area contributed by atoms with Crippen molar-refractivity contribution in [3.63, 3.8) is 0 Å². The molecule has 0 atom stereocenters. The third-order valence-electron chi connectivity index (χ3n) is 11.7. The Kier molecular flexibility index (Phi) is 8.87. The number of hydrogen-bond acceptors (Lipinski definition) is 2. The standard InChI is InChI=1S/C58H39NO/c1-2-17-40(18-3-1)47-24-6-7-25-50(47)51-26-8-9-27-52(51)53-28-10-12-32-55(53)59(45-22-14-21-43(39-45)48-30-15-20-41-19-4-5-23-46(41)48)44-37-35-42(36-38-44)49-31-16-34-57-58(49)54-29-11-13-33-56(54)60-57/h1-39H. The Bertz CT molecular complexity index is 3320. The molecule has 0 aliphatic carbocycles. The molecule has 0 spiro atoms. The van der Waals surface area contributed by atoms with E-state index in [-0.39, 0.29) is 0 Å². The zero-order chi connectivity index (χ0) is 39.8. The highest BCUT2D eigenvalue weighted by molar-refractivity contribution is 6.12. The van der Waals surface area contributed by atoms with Crippen LogP contribution in [0.2, 0.25) is 0 Å². The van der Waals surface area contributed by atoms with Gasteiger partial charge >= 0.3 is 0 Å². The summed E-state index contributed by atoms with van der Waals surface area (Å²) in [5, 5.41) is 4.73. The van der Waals surface area contributed by atoms with Gasteiger partial charge in [0.1, 0.15) is 11.2 Å². The maximum atomic E-state index is 6.29. The van der Waals surface area contributed by atoms with Crippen LogP contribution in [0.5, 0.6) is 0 Å². The fourth-order valence-corrected chi connectivity index (χ4v) is 8.96. The first-order valence-electron chi connectivity index (χ1n) is 20.5. The molecule has 0 N–H and O–H groups in total. The van der Waals surface area contributed by atoms with Gasteiger partial charge in [0.05, 0.1) is 5.69 Å². The van der Waals surface area contributed by atoms with Gasteiger partial charge in [-0.1, -0.05) is 194 Å². The second-order valence-electron chi connectivity index (χ2n) is 15.2. The molecule has 0 aliphatic rings. The van der Waals surface area contributed by atoms with Crippen LogP contribution in [-0.4, -0.2) is 0 Å². The second kappa shape index (κ2) is 15.1. The summed E-state index contributed by atoms with van der Waals surface area (Å²) in [5.74, 6) is 0. The van der Waals surface area contributed by atoms with Crippen LogP contribution in [0.1, 0.15) is 0 Å². The Hall–Kier alpha value is -7.94. The number of rotatable bonds is 8. The average molecular weight is 766 g/mol. The van der Waals surface area contributed by atoms with Crippen LogP contribution < -0.4 is 4.90 Å². The molecule has 10 aromatic carbocycles. The van der Waals surface area contributed by atoms with E-state index in [0.717, 1.165) is 55.7 Å². The van der Waals surface area contributed by atoms with Gasteiger partial charge in [0.15, 0.2) is 0 Å². The van der Waals surface area contributed by atoms with Crippen LogP contribution >= 0.6 is 0 Å². The van der Waals surface area contributed by atoms with Crippen molar-refractivity contribution in [1.29, 1.82) is 0 Å². The zero-order valence-electron chi connectivity index (χ0n) is 32.9. The van der Waals surface area contributed by atoms with E-state index < -0.39 is 0 Å². The van der Waals surface area contributed by atoms with Crippen LogP contribution in [0.4, 0.5) is 17.1 Å². The van der Waals surface area contributed by atoms with Crippen molar-refractivity contribution in [2.45, 2.75) is 0 Å². The van der Waals surface area contributed by atoms with Gasteiger partial charge in [-0.3, -0.25) is 0 Å². The van der Waals surface area contributed by atoms with E-state index in [4.69, 9.17) is 4.42 Å². The minimum absolute atomic E-state index is 0.895. The number of nitrogens with zero attached hydrogens (tertiary/aromatic N) is 1. The number of anilines is 3. The molecule has 11 rings (SSSR count). The zero-order valence-corrected chi connectivity index (χ0v) is 32.9. The average Bonchev–Trinajstić information content (AvgIpc) is 3.71. The number of fused-ring (bicyclic) bond motifs is 4. The molecule has 0 unspecified atom stereocenters. The lowest BCUT2D eigenvalue weighted by atomic mass is 9.88. The molecule has 0 amide bonds. The SMILES string of the molecule is c1ccc(-c2ccccc2-c2ccccc2-c2ccccc2N(c2ccc(-c3cccc4oc5ccccc5c34)cc2)c2cccc(-c3cccc4ccccc34)c2)cc1. The molecular formula is C58H39NO. The first kappa shape index (κ1) is 35.2. The normalized spacial score (nSPS) is 11.3. The highest BCUT2D eigenvalue weighted by Gasteiger charge is 2.21. The molecule has 2 heteroatoms. The third-order valence-corrected chi connectivity index (χ3v) is 11.7. The number of benzene rings is 10. The minimum atomic E-state index is 0.895. The van der Waals surface area contributed by atoms with Gasteiger partial charge in [-0.15, -0.1) is 0 Å². The molecular weight excluding hydrogens is 727 g/mol. The van der Waals surface area contributed by atoms with Gasteiger partial charge in [0.25, 0.3) is 0 Å². The highest BCUT2D eigenvalue weighted by Crippen LogP contribution is 2.46. The lowest BCUT2D eigenvalue weighted by Gasteiger charge is -2.29. The van der Waals surface area contributed by atoms with E-state index in [0.29, 0.717) is 0 Å². The molecule has 0 saturated carbocycles. The molecule has 0 radical (unpaired) electrons. The largest absolute Gasteiger partial charge is 0.456 e. The maximum Gasteiger partial charge on any atom is 0.136 e. The Labute approximate surface area is 349 Å². The van der Waals surface area contributed by atoms with Gasteiger partial charge in [0, 0.05) is 27.7 Å². The van der Waals surface area contributed by atoms with Gasteiger partial charge < -0.3 is 9.32 Å². The van der Waals surface area contributed by atoms with Crippen molar-refractivity contribution < 1.29 is 4.42 Å². The molecule has 1 aromatic heterocycles. The van der Waals surface area contributed by atoms with E-state index in [1.807, 2.05) is 12.1 Å². The van der Waals surface area contributed by atoms with E-state index in [1.54, 1.807) is 0 Å². The van der Waals surface area contributed by atoms with Gasteiger partial charge in [0.2, 0.25) is 0 Å². The molecule has 60 heavy (non-hydrogen) atoms. The third kappa shape index (κ3) is 6.23. The van der Waals surface area contributed by atoms with Crippen molar-refractivity contribution in [3.05, 3.63) is 237 Å². The molecule has 2 nitrogen and oxygen atoms in total. The summed E-state index contributed by atoms with van der Waals surface area (Å²) >= 11 is 0. The lowest BCUT2D eigenvalue weighted by molar-refractivity contribution is 0.669. The Morgan fingerprint density at radius 2 is 0.800 bits per heavy atom. The van der Waals surface area contributed by atoms with E-state index in [1.165, 1.54) is 49.7 Å². The van der Waals surface area contributed by atoms with Crippen LogP contribution in [0.15, 0.2) is 241 Å². The molecule has 1 heterocycles. The van der Waals surface area contributed by atoms with Crippen LogP contribution in [0.25, 0.3) is 88.3 Å². The van der Waals surface area contributed by atoms with Gasteiger partial charge in [-0.25, -0.2) is 0 Å². The topological polar surface area (TPSA) is 16.4 Å². The van der Waals surface area contributed by atoms with Crippen LogP contribution in [0.3, 0.4) is 0 Å². The molecule has 0 aliphatic heterocycles. The fraction of sp³-hybridized carbons (Fsp3) is 0. The Balaban J connectivity index is 1.10. The molecule has 0 fully saturated rings. The molecule has 282 valence electrons. The Morgan fingerprint density at radius 1 is 0.283 bits per heavy atom. The quantitative estimate of drug-likeness (QED) is 0.153. The molecule has 11 aromatic rings. The number of hydrogen-bond donors (Lipinski definition) is 0. The number of para-hydroxylation sites is 2. The van der Waals surface area contributed by atoms with Gasteiger partial charge in [-0.2, -0.15) is 0 Å². The summed E-state index contributed by atoms with van der Waals surface area (Å²) in [6.45, 7) is 0. The monoisotopic (exact) mass is 765 g/mol. The summed E-state index contributed by atoms with van der Waals surface area (Å²) in [6, 6.07) is 84.9. The minimum Gasteiger partial charge on any atom is -0.456 e. The highest BCUT2D eigenvalue weighted by atomic mass is 16.3. The van der Waals surface area contributed by atoms with Gasteiger partial charge in [-0.05, 0) is 103 Å². The summed E-state index contributed by atoms with van der Waals surface area (Å²) in [5.41, 5.74) is 16.8. The predicted octanol–water partition coefficient (Wildman–Crippen LogP) is 16.5. The lowest BCUT2D eigenvalue weighted by Crippen LogP contribution is -2.11. The second-order valence-corrected chi connectivity index (χ2v) is 15.2. The smallest absolute Gasteiger partial charge is 0.136 e. The first-order valence-corrected chi connectivity index (χ1v) is 20.5. The molecule has 0 saturated heterocycles. The van der Waals surface area contributed by atoms with E-state index in [2.05, 4.69) is 229 Å². The summed E-state index contributed by atoms with van der Waals surface area (Å²) in [4.78, 5) is 2.42. The molecule has 0 bridgehead atoms.